The summed E-state index contributed by atoms with van der Waals surface area (Å²) in [5.74, 6) is 1.02. The molecule has 4 aromatic rings. The van der Waals surface area contributed by atoms with Crippen LogP contribution >= 0.6 is 11.8 Å². The number of rotatable bonds is 13. The van der Waals surface area contributed by atoms with E-state index in [0.29, 0.717) is 33.7 Å². The monoisotopic (exact) mass is 629 g/mol. The Bertz CT molecular complexity index is 1590. The van der Waals surface area contributed by atoms with Crippen molar-refractivity contribution in [3.63, 3.8) is 0 Å². The highest BCUT2D eigenvalue weighted by Crippen LogP contribution is 2.34. The van der Waals surface area contributed by atoms with Gasteiger partial charge in [-0.1, -0.05) is 30.0 Å². The van der Waals surface area contributed by atoms with Crippen LogP contribution in [0.4, 0.5) is 11.4 Å². The first kappa shape index (κ1) is 33.1. The summed E-state index contributed by atoms with van der Waals surface area (Å²) in [5, 5.41) is 3.52. The van der Waals surface area contributed by atoms with Gasteiger partial charge in [-0.3, -0.25) is 9.59 Å². The number of anilines is 2. The summed E-state index contributed by atoms with van der Waals surface area (Å²) in [6, 6.07) is 21.0. The van der Waals surface area contributed by atoms with E-state index in [1.165, 1.54) is 18.9 Å². The van der Waals surface area contributed by atoms with Gasteiger partial charge in [0, 0.05) is 43.4 Å². The van der Waals surface area contributed by atoms with Crippen molar-refractivity contribution in [2.24, 2.45) is 0 Å². The molecule has 0 aliphatic carbocycles. The van der Waals surface area contributed by atoms with Crippen LogP contribution in [0.5, 0.6) is 17.2 Å². The molecule has 2 amide bonds. The van der Waals surface area contributed by atoms with Crippen molar-refractivity contribution in [2.75, 3.05) is 51.4 Å². The molecule has 0 aliphatic rings. The Labute approximate surface area is 268 Å². The molecule has 0 saturated heterocycles. The van der Waals surface area contributed by atoms with Crippen molar-refractivity contribution >= 4 is 35.0 Å². The lowest BCUT2D eigenvalue weighted by molar-refractivity contribution is -0.137. The second-order valence-corrected chi connectivity index (χ2v) is 11.5. The molecule has 3 aromatic carbocycles. The molecule has 0 saturated carbocycles. The Morgan fingerprint density at radius 3 is 2.04 bits per heavy atom. The van der Waals surface area contributed by atoms with Crippen molar-refractivity contribution in [3.05, 3.63) is 95.3 Å². The molecule has 0 spiro atoms. The van der Waals surface area contributed by atoms with Crippen molar-refractivity contribution in [1.29, 1.82) is 0 Å². The van der Waals surface area contributed by atoms with Crippen LogP contribution in [0.2, 0.25) is 0 Å². The average molecular weight is 630 g/mol. The zero-order valence-electron chi connectivity index (χ0n) is 26.7. The molecule has 11 heteroatoms. The van der Waals surface area contributed by atoms with Crippen LogP contribution < -0.4 is 24.4 Å². The molecule has 236 valence electrons. The fourth-order valence-electron chi connectivity index (χ4n) is 4.77. The standard InChI is InChI=1S/C34H39N5O5S/c1-22-18-23(2)36-34(35-22)45-21-31(40)39(20-24-8-15-28(42-5)16-9-24)32(25-10-17-29(43-6)30(19-25)44-7)33(41)37-26-11-13-27(14-12-26)38(3)4/h8-19,32H,20-21H2,1-7H3,(H,37,41)/t32-/m1/s1. The van der Waals surface area contributed by atoms with E-state index in [0.717, 1.165) is 22.6 Å². The number of nitrogens with one attached hydrogen (secondary N) is 1. The molecule has 0 fully saturated rings. The molecule has 10 nitrogen and oxygen atoms in total. The van der Waals surface area contributed by atoms with Crippen LogP contribution in [0.25, 0.3) is 0 Å². The zero-order chi connectivity index (χ0) is 32.5. The molecule has 4 rings (SSSR count). The summed E-state index contributed by atoms with van der Waals surface area (Å²) < 4.78 is 16.4. The normalized spacial score (nSPS) is 11.4. The molecule has 1 heterocycles. The van der Waals surface area contributed by atoms with Crippen LogP contribution in [0, 0.1) is 13.8 Å². The van der Waals surface area contributed by atoms with Gasteiger partial charge in [0.05, 0.1) is 27.1 Å². The number of carbonyl (C=O) groups is 2. The maximum atomic E-state index is 14.2. The van der Waals surface area contributed by atoms with Gasteiger partial charge in [0.2, 0.25) is 5.91 Å². The van der Waals surface area contributed by atoms with E-state index in [-0.39, 0.29) is 24.1 Å². The Balaban J connectivity index is 1.76. The number of carbonyl (C=O) groups excluding carboxylic acids is 2. The fourth-order valence-corrected chi connectivity index (χ4v) is 5.60. The number of aromatic nitrogens is 2. The lowest BCUT2D eigenvalue weighted by atomic mass is 10.0. The van der Waals surface area contributed by atoms with Crippen LogP contribution in [-0.2, 0) is 16.1 Å². The van der Waals surface area contributed by atoms with Gasteiger partial charge in [0.15, 0.2) is 16.7 Å². The third-order valence-corrected chi connectivity index (χ3v) is 7.89. The zero-order valence-corrected chi connectivity index (χ0v) is 27.5. The lowest BCUT2D eigenvalue weighted by Crippen LogP contribution is -2.41. The van der Waals surface area contributed by atoms with E-state index in [1.54, 1.807) is 37.3 Å². The minimum Gasteiger partial charge on any atom is -0.497 e. The Morgan fingerprint density at radius 1 is 0.822 bits per heavy atom. The largest absolute Gasteiger partial charge is 0.497 e. The first-order valence-electron chi connectivity index (χ1n) is 14.3. The van der Waals surface area contributed by atoms with Gasteiger partial charge >= 0.3 is 0 Å². The number of amides is 2. The molecule has 45 heavy (non-hydrogen) atoms. The van der Waals surface area contributed by atoms with Gasteiger partial charge in [-0.15, -0.1) is 0 Å². The minimum atomic E-state index is -1.02. The summed E-state index contributed by atoms with van der Waals surface area (Å²) in [4.78, 5) is 40.9. The van der Waals surface area contributed by atoms with Crippen LogP contribution in [0.1, 0.15) is 28.6 Å². The number of hydrogen-bond donors (Lipinski definition) is 1. The van der Waals surface area contributed by atoms with E-state index < -0.39 is 6.04 Å². The summed E-state index contributed by atoms with van der Waals surface area (Å²) in [6.45, 7) is 3.93. The van der Waals surface area contributed by atoms with Crippen molar-refractivity contribution < 1.29 is 23.8 Å². The molecular weight excluding hydrogens is 590 g/mol. The van der Waals surface area contributed by atoms with Gasteiger partial charge in [-0.25, -0.2) is 9.97 Å². The maximum absolute atomic E-state index is 14.2. The third kappa shape index (κ3) is 8.66. The fraction of sp³-hybridized carbons (Fsp3) is 0.294. The molecule has 0 radical (unpaired) electrons. The molecule has 0 aliphatic heterocycles. The van der Waals surface area contributed by atoms with E-state index in [4.69, 9.17) is 14.2 Å². The highest BCUT2D eigenvalue weighted by atomic mass is 32.2. The van der Waals surface area contributed by atoms with Gasteiger partial charge in [0.1, 0.15) is 11.8 Å². The summed E-state index contributed by atoms with van der Waals surface area (Å²) in [6.07, 6.45) is 0. The van der Waals surface area contributed by atoms with Gasteiger partial charge in [0.25, 0.3) is 5.91 Å². The quantitative estimate of drug-likeness (QED) is 0.148. The molecule has 1 atom stereocenters. The second kappa shape index (κ2) is 15.3. The third-order valence-electron chi connectivity index (χ3n) is 7.05. The highest BCUT2D eigenvalue weighted by Gasteiger charge is 2.33. The number of nitrogens with zero attached hydrogens (tertiary/aromatic N) is 4. The smallest absolute Gasteiger partial charge is 0.251 e. The summed E-state index contributed by atoms with van der Waals surface area (Å²) >= 11 is 1.23. The van der Waals surface area contributed by atoms with Gasteiger partial charge in [-0.2, -0.15) is 0 Å². The predicted molar refractivity (Wildman–Crippen MR) is 177 cm³/mol. The first-order chi connectivity index (χ1) is 21.6. The number of aryl methyl sites for hydroxylation is 2. The molecule has 1 aromatic heterocycles. The van der Waals surface area contributed by atoms with Crippen LogP contribution in [-0.4, -0.2) is 67.9 Å². The summed E-state index contributed by atoms with van der Waals surface area (Å²) in [7, 11) is 8.57. The topological polar surface area (TPSA) is 106 Å². The SMILES string of the molecule is COc1ccc(CN(C(=O)CSc2nc(C)cc(C)n2)[C@@H](C(=O)Nc2ccc(N(C)C)cc2)c2ccc(OC)c(OC)c2)cc1. The van der Waals surface area contributed by atoms with Gasteiger partial charge < -0.3 is 29.3 Å². The molecule has 0 bridgehead atoms. The van der Waals surface area contributed by atoms with E-state index in [2.05, 4.69) is 15.3 Å². The van der Waals surface area contributed by atoms with E-state index >= 15 is 0 Å². The van der Waals surface area contributed by atoms with E-state index in [1.807, 2.05) is 87.4 Å². The number of ether oxygens (including phenoxy) is 3. The van der Waals surface area contributed by atoms with Crippen LogP contribution in [0.3, 0.4) is 0 Å². The number of benzene rings is 3. The Hall–Kier alpha value is -4.77. The second-order valence-electron chi connectivity index (χ2n) is 10.5. The average Bonchev–Trinajstić information content (AvgIpc) is 3.03. The van der Waals surface area contributed by atoms with E-state index in [9.17, 15) is 9.59 Å². The van der Waals surface area contributed by atoms with Gasteiger partial charge in [-0.05, 0) is 79.6 Å². The number of hydrogen-bond acceptors (Lipinski definition) is 9. The summed E-state index contributed by atoms with van der Waals surface area (Å²) in [5.41, 5.74) is 4.61. The van der Waals surface area contributed by atoms with Crippen molar-refractivity contribution in [2.45, 2.75) is 31.6 Å². The lowest BCUT2D eigenvalue weighted by Gasteiger charge is -2.32. The van der Waals surface area contributed by atoms with Crippen LogP contribution in [0.15, 0.2) is 78.0 Å². The molecular formula is C34H39N5O5S. The van der Waals surface area contributed by atoms with Crippen molar-refractivity contribution in [1.82, 2.24) is 14.9 Å². The minimum absolute atomic E-state index is 0.0215. The predicted octanol–water partition coefficient (Wildman–Crippen LogP) is 5.69. The number of methoxy groups -OCH3 is 3. The first-order valence-corrected chi connectivity index (χ1v) is 15.3. The maximum Gasteiger partial charge on any atom is 0.251 e. The Morgan fingerprint density at radius 2 is 1.47 bits per heavy atom. The molecule has 0 unspecified atom stereocenters. The van der Waals surface area contributed by atoms with Crippen molar-refractivity contribution in [3.8, 4) is 17.2 Å². The Kier molecular flexibility index (Phi) is 11.3. The molecule has 1 N–H and O–H groups in total. The highest BCUT2D eigenvalue weighted by molar-refractivity contribution is 7.99. The number of thioether (sulfide) groups is 1.